The quantitative estimate of drug-likeness (QED) is 0.676. The number of benzene rings is 2. The fourth-order valence-corrected chi connectivity index (χ4v) is 4.29. The minimum absolute atomic E-state index is 0.213. The van der Waals surface area contributed by atoms with Gasteiger partial charge in [0, 0.05) is 17.1 Å². The Morgan fingerprint density at radius 2 is 1.75 bits per heavy atom. The van der Waals surface area contributed by atoms with Crippen molar-refractivity contribution in [1.82, 2.24) is 3.97 Å². The second-order valence-electron chi connectivity index (χ2n) is 5.71. The highest BCUT2D eigenvalue weighted by Crippen LogP contribution is 2.29. The minimum Gasteiger partial charge on any atom is -0.298 e. The molecule has 0 fully saturated rings. The van der Waals surface area contributed by atoms with Crippen molar-refractivity contribution < 1.29 is 13.2 Å². The van der Waals surface area contributed by atoms with Gasteiger partial charge in [-0.05, 0) is 49.2 Å². The molecule has 24 heavy (non-hydrogen) atoms. The summed E-state index contributed by atoms with van der Waals surface area (Å²) in [5, 5.41) is 0.607. The average Bonchev–Trinajstić information content (AvgIpc) is 3.01. The van der Waals surface area contributed by atoms with Crippen molar-refractivity contribution in [2.45, 2.75) is 18.7 Å². The van der Waals surface area contributed by atoms with Crippen LogP contribution in [0.3, 0.4) is 0 Å². The highest BCUT2D eigenvalue weighted by Gasteiger charge is 2.21. The standard InChI is InChI=1S/C19H17NO3S/c1-4-15-11-14(3)19-17(18(15)12-21)9-10-20(19)24(22,23)16-7-5-13(2)6-8-16/h4-12H,1H2,2-3H3. The number of aromatic nitrogens is 1. The van der Waals surface area contributed by atoms with Crippen LogP contribution in [0.25, 0.3) is 17.0 Å². The van der Waals surface area contributed by atoms with E-state index < -0.39 is 10.0 Å². The van der Waals surface area contributed by atoms with E-state index in [1.165, 1.54) is 10.2 Å². The summed E-state index contributed by atoms with van der Waals surface area (Å²) in [6.45, 7) is 7.44. The van der Waals surface area contributed by atoms with Gasteiger partial charge < -0.3 is 0 Å². The number of rotatable bonds is 4. The number of fused-ring (bicyclic) bond motifs is 1. The van der Waals surface area contributed by atoms with Gasteiger partial charge in [-0.25, -0.2) is 12.4 Å². The molecule has 1 aromatic heterocycles. The number of aryl methyl sites for hydroxylation is 2. The molecular formula is C19H17NO3S. The van der Waals surface area contributed by atoms with Gasteiger partial charge in [0.2, 0.25) is 0 Å². The summed E-state index contributed by atoms with van der Waals surface area (Å²) in [5.41, 5.74) is 3.42. The third kappa shape index (κ3) is 2.37. The van der Waals surface area contributed by atoms with Gasteiger partial charge in [-0.1, -0.05) is 30.4 Å². The van der Waals surface area contributed by atoms with Crippen LogP contribution < -0.4 is 0 Å². The van der Waals surface area contributed by atoms with Gasteiger partial charge in [-0.15, -0.1) is 0 Å². The first-order chi connectivity index (χ1) is 11.4. The van der Waals surface area contributed by atoms with Gasteiger partial charge in [-0.2, -0.15) is 0 Å². The molecule has 4 nitrogen and oxygen atoms in total. The summed E-state index contributed by atoms with van der Waals surface area (Å²) in [7, 11) is -3.73. The fourth-order valence-electron chi connectivity index (χ4n) is 2.88. The molecule has 0 N–H and O–H groups in total. The first-order valence-electron chi connectivity index (χ1n) is 7.44. The second kappa shape index (κ2) is 5.76. The molecule has 0 aliphatic carbocycles. The number of hydrogen-bond donors (Lipinski definition) is 0. The summed E-state index contributed by atoms with van der Waals surface area (Å²) < 4.78 is 27.2. The van der Waals surface area contributed by atoms with Crippen molar-refractivity contribution in [2.24, 2.45) is 0 Å². The van der Waals surface area contributed by atoms with Crippen molar-refractivity contribution in [3.8, 4) is 0 Å². The zero-order chi connectivity index (χ0) is 17.5. The van der Waals surface area contributed by atoms with Crippen molar-refractivity contribution in [2.75, 3.05) is 0 Å². The van der Waals surface area contributed by atoms with E-state index in [0.717, 1.165) is 17.4 Å². The highest BCUT2D eigenvalue weighted by atomic mass is 32.2. The molecule has 122 valence electrons. The largest absolute Gasteiger partial charge is 0.298 e. The van der Waals surface area contributed by atoms with Crippen molar-refractivity contribution >= 4 is 33.3 Å². The molecule has 0 spiro atoms. The van der Waals surface area contributed by atoms with E-state index in [2.05, 4.69) is 6.58 Å². The maximum absolute atomic E-state index is 13.0. The SMILES string of the molecule is C=Cc1cc(C)c2c(ccn2S(=O)(=O)c2ccc(C)cc2)c1C=O. The molecule has 0 radical (unpaired) electrons. The van der Waals surface area contributed by atoms with Gasteiger partial charge in [0.15, 0.2) is 6.29 Å². The molecule has 0 amide bonds. The van der Waals surface area contributed by atoms with E-state index in [9.17, 15) is 13.2 Å². The molecule has 0 saturated heterocycles. The Bertz CT molecular complexity index is 1060. The molecule has 0 saturated carbocycles. The van der Waals surface area contributed by atoms with Crippen LogP contribution in [0.1, 0.15) is 27.0 Å². The van der Waals surface area contributed by atoms with Crippen molar-refractivity contribution in [3.63, 3.8) is 0 Å². The van der Waals surface area contributed by atoms with Crippen LogP contribution >= 0.6 is 0 Å². The molecule has 3 aromatic rings. The van der Waals surface area contributed by atoms with E-state index in [0.29, 0.717) is 22.0 Å². The molecule has 0 bridgehead atoms. The van der Waals surface area contributed by atoms with E-state index in [4.69, 9.17) is 0 Å². The first-order valence-corrected chi connectivity index (χ1v) is 8.88. The number of aldehydes is 1. The topological polar surface area (TPSA) is 56.1 Å². The highest BCUT2D eigenvalue weighted by molar-refractivity contribution is 7.90. The second-order valence-corrected chi connectivity index (χ2v) is 7.53. The molecule has 0 atom stereocenters. The maximum atomic E-state index is 13.0. The molecule has 2 aromatic carbocycles. The van der Waals surface area contributed by atoms with E-state index in [-0.39, 0.29) is 4.90 Å². The van der Waals surface area contributed by atoms with Gasteiger partial charge in [0.1, 0.15) is 0 Å². The Kier molecular flexibility index (Phi) is 3.89. The van der Waals surface area contributed by atoms with Crippen molar-refractivity contribution in [3.05, 3.63) is 71.4 Å². The third-order valence-corrected chi connectivity index (χ3v) is 5.80. The normalized spacial score (nSPS) is 11.6. The predicted molar refractivity (Wildman–Crippen MR) is 95.9 cm³/mol. The van der Waals surface area contributed by atoms with Crippen molar-refractivity contribution in [1.29, 1.82) is 0 Å². The third-order valence-electron chi connectivity index (χ3n) is 4.11. The van der Waals surface area contributed by atoms with Crippen LogP contribution in [0.2, 0.25) is 0 Å². The number of carbonyl (C=O) groups is 1. The Hall–Kier alpha value is -2.66. The number of nitrogens with zero attached hydrogens (tertiary/aromatic N) is 1. The Morgan fingerprint density at radius 3 is 2.33 bits per heavy atom. The Morgan fingerprint density at radius 1 is 1.08 bits per heavy atom. The fraction of sp³-hybridized carbons (Fsp3) is 0.105. The molecular weight excluding hydrogens is 322 g/mol. The van der Waals surface area contributed by atoms with Crippen LogP contribution in [0.5, 0.6) is 0 Å². The van der Waals surface area contributed by atoms with Gasteiger partial charge in [0.25, 0.3) is 10.0 Å². The van der Waals surface area contributed by atoms with Crippen LogP contribution in [0, 0.1) is 13.8 Å². The lowest BCUT2D eigenvalue weighted by Gasteiger charge is -2.11. The van der Waals surface area contributed by atoms with Gasteiger partial charge >= 0.3 is 0 Å². The van der Waals surface area contributed by atoms with Crippen LogP contribution in [0.15, 0.2) is 54.1 Å². The molecule has 1 heterocycles. The zero-order valence-electron chi connectivity index (χ0n) is 13.5. The Balaban J connectivity index is 2.34. The summed E-state index contributed by atoms with van der Waals surface area (Å²) in [5.74, 6) is 0. The van der Waals surface area contributed by atoms with E-state index in [1.54, 1.807) is 42.5 Å². The summed E-state index contributed by atoms with van der Waals surface area (Å²) in [6.07, 6.45) is 3.83. The smallest absolute Gasteiger partial charge is 0.268 e. The maximum Gasteiger partial charge on any atom is 0.268 e. The van der Waals surface area contributed by atoms with Gasteiger partial charge in [-0.3, -0.25) is 4.79 Å². The minimum atomic E-state index is -3.73. The van der Waals surface area contributed by atoms with Crippen LogP contribution in [-0.4, -0.2) is 18.7 Å². The Labute approximate surface area is 141 Å². The summed E-state index contributed by atoms with van der Waals surface area (Å²) in [6, 6.07) is 10.1. The van der Waals surface area contributed by atoms with Crippen LogP contribution in [0.4, 0.5) is 0 Å². The van der Waals surface area contributed by atoms with Gasteiger partial charge in [0.05, 0.1) is 10.4 Å². The molecule has 5 heteroatoms. The molecule has 0 unspecified atom stereocenters. The van der Waals surface area contributed by atoms with E-state index in [1.807, 2.05) is 13.8 Å². The molecule has 3 rings (SSSR count). The lowest BCUT2D eigenvalue weighted by Crippen LogP contribution is -2.12. The molecule has 0 aliphatic rings. The molecule has 0 aliphatic heterocycles. The first kappa shape index (κ1) is 16.2. The van der Waals surface area contributed by atoms with E-state index >= 15 is 0 Å². The summed E-state index contributed by atoms with van der Waals surface area (Å²) in [4.78, 5) is 11.7. The lowest BCUT2D eigenvalue weighted by molar-refractivity contribution is 0.112. The van der Waals surface area contributed by atoms with Crippen LogP contribution in [-0.2, 0) is 10.0 Å². The lowest BCUT2D eigenvalue weighted by atomic mass is 10.0. The predicted octanol–water partition coefficient (Wildman–Crippen LogP) is 3.95. The monoisotopic (exact) mass is 339 g/mol. The number of hydrogen-bond acceptors (Lipinski definition) is 3. The zero-order valence-corrected chi connectivity index (χ0v) is 14.3. The average molecular weight is 339 g/mol. The summed E-state index contributed by atoms with van der Waals surface area (Å²) >= 11 is 0. The number of carbonyl (C=O) groups excluding carboxylic acids is 1.